The monoisotopic (exact) mass is 333 g/mol. The second-order valence-corrected chi connectivity index (χ2v) is 6.23. The van der Waals surface area contributed by atoms with Crippen molar-refractivity contribution < 1.29 is 14.3 Å². The van der Waals surface area contributed by atoms with Gasteiger partial charge in [-0.1, -0.05) is 25.5 Å². The van der Waals surface area contributed by atoms with Gasteiger partial charge in [-0.05, 0) is 24.1 Å². The van der Waals surface area contributed by atoms with Crippen molar-refractivity contribution in [2.45, 2.75) is 19.8 Å². The van der Waals surface area contributed by atoms with Crippen LogP contribution in [0.1, 0.15) is 18.9 Å². The number of ether oxygens (including phenoxy) is 1. The molecule has 0 saturated carbocycles. The van der Waals surface area contributed by atoms with Crippen LogP contribution in [0.25, 0.3) is 0 Å². The molecule has 0 aromatic heterocycles. The standard InChI is InChI=1S/C18H27N3O3/c1-4-5-15-6-8-16(9-7-15)24-14-17(22)20-10-12-21(13-11-20)18(23)19(2)3/h6-9H,4-5,10-14H2,1-3H3. The Labute approximate surface area is 144 Å². The van der Waals surface area contributed by atoms with Gasteiger partial charge in [0.25, 0.3) is 5.91 Å². The van der Waals surface area contributed by atoms with Crippen LogP contribution in [-0.2, 0) is 11.2 Å². The fraction of sp³-hybridized carbons (Fsp3) is 0.556. The van der Waals surface area contributed by atoms with Crippen molar-refractivity contribution in [3.63, 3.8) is 0 Å². The molecule has 0 N–H and O–H groups in total. The number of amides is 3. The van der Waals surface area contributed by atoms with E-state index in [-0.39, 0.29) is 18.5 Å². The van der Waals surface area contributed by atoms with E-state index in [9.17, 15) is 9.59 Å². The maximum atomic E-state index is 12.2. The lowest BCUT2D eigenvalue weighted by Crippen LogP contribution is -2.53. The molecule has 0 atom stereocenters. The first-order chi connectivity index (χ1) is 11.5. The molecule has 3 amide bonds. The van der Waals surface area contributed by atoms with Crippen molar-refractivity contribution in [2.75, 3.05) is 46.9 Å². The normalized spacial score (nSPS) is 14.5. The maximum absolute atomic E-state index is 12.2. The molecular weight excluding hydrogens is 306 g/mol. The van der Waals surface area contributed by atoms with E-state index in [0.717, 1.165) is 12.8 Å². The zero-order valence-electron chi connectivity index (χ0n) is 14.8. The number of carbonyl (C=O) groups is 2. The van der Waals surface area contributed by atoms with Crippen LogP contribution in [0.5, 0.6) is 5.75 Å². The number of hydrogen-bond acceptors (Lipinski definition) is 3. The van der Waals surface area contributed by atoms with E-state index in [2.05, 4.69) is 6.92 Å². The molecule has 0 bridgehead atoms. The van der Waals surface area contributed by atoms with E-state index in [1.807, 2.05) is 24.3 Å². The highest BCUT2D eigenvalue weighted by molar-refractivity contribution is 5.78. The van der Waals surface area contributed by atoms with E-state index in [0.29, 0.717) is 31.9 Å². The molecule has 0 aliphatic carbocycles. The van der Waals surface area contributed by atoms with Crippen molar-refractivity contribution in [2.24, 2.45) is 0 Å². The Hall–Kier alpha value is -2.24. The number of rotatable bonds is 5. The molecule has 24 heavy (non-hydrogen) atoms. The summed E-state index contributed by atoms with van der Waals surface area (Å²) in [7, 11) is 3.47. The van der Waals surface area contributed by atoms with Crippen LogP contribution >= 0.6 is 0 Å². The van der Waals surface area contributed by atoms with Crippen LogP contribution in [-0.4, -0.2) is 73.5 Å². The maximum Gasteiger partial charge on any atom is 0.319 e. The van der Waals surface area contributed by atoms with Crippen LogP contribution in [0, 0.1) is 0 Å². The van der Waals surface area contributed by atoms with Crippen molar-refractivity contribution >= 4 is 11.9 Å². The molecule has 132 valence electrons. The molecule has 1 fully saturated rings. The SMILES string of the molecule is CCCc1ccc(OCC(=O)N2CCN(C(=O)N(C)C)CC2)cc1. The summed E-state index contributed by atoms with van der Waals surface area (Å²) in [5, 5.41) is 0. The zero-order chi connectivity index (χ0) is 17.5. The van der Waals surface area contributed by atoms with Gasteiger partial charge in [0.05, 0.1) is 0 Å². The summed E-state index contributed by atoms with van der Waals surface area (Å²) in [5.41, 5.74) is 1.28. The van der Waals surface area contributed by atoms with Gasteiger partial charge in [0.1, 0.15) is 5.75 Å². The quantitative estimate of drug-likeness (QED) is 0.826. The number of urea groups is 1. The molecule has 2 rings (SSSR count). The molecule has 1 saturated heterocycles. The Morgan fingerprint density at radius 1 is 1.04 bits per heavy atom. The van der Waals surface area contributed by atoms with Gasteiger partial charge < -0.3 is 19.4 Å². The average Bonchev–Trinajstić information content (AvgIpc) is 2.60. The van der Waals surface area contributed by atoms with E-state index >= 15 is 0 Å². The highest BCUT2D eigenvalue weighted by Gasteiger charge is 2.25. The topological polar surface area (TPSA) is 53.1 Å². The average molecular weight is 333 g/mol. The summed E-state index contributed by atoms with van der Waals surface area (Å²) in [5.74, 6) is 0.675. The summed E-state index contributed by atoms with van der Waals surface area (Å²) >= 11 is 0. The second-order valence-electron chi connectivity index (χ2n) is 6.23. The summed E-state index contributed by atoms with van der Waals surface area (Å²) in [6.45, 7) is 4.42. The number of hydrogen-bond donors (Lipinski definition) is 0. The van der Waals surface area contributed by atoms with Crippen LogP contribution in [0.4, 0.5) is 4.79 Å². The van der Waals surface area contributed by atoms with Gasteiger partial charge in [0.15, 0.2) is 6.61 Å². The predicted octanol–water partition coefficient (Wildman–Crippen LogP) is 1.84. The van der Waals surface area contributed by atoms with Gasteiger partial charge in [-0.15, -0.1) is 0 Å². The Kier molecular flexibility index (Phi) is 6.46. The molecule has 1 heterocycles. The predicted molar refractivity (Wildman–Crippen MR) is 93.2 cm³/mol. The fourth-order valence-corrected chi connectivity index (χ4v) is 2.71. The first-order valence-electron chi connectivity index (χ1n) is 8.47. The minimum Gasteiger partial charge on any atom is -0.484 e. The Morgan fingerprint density at radius 2 is 1.62 bits per heavy atom. The smallest absolute Gasteiger partial charge is 0.319 e. The molecule has 0 spiro atoms. The summed E-state index contributed by atoms with van der Waals surface area (Å²) in [6, 6.07) is 7.88. The number of carbonyl (C=O) groups excluding carboxylic acids is 2. The highest BCUT2D eigenvalue weighted by atomic mass is 16.5. The Morgan fingerprint density at radius 3 is 2.17 bits per heavy atom. The van der Waals surface area contributed by atoms with Gasteiger partial charge in [0.2, 0.25) is 0 Å². The van der Waals surface area contributed by atoms with Crippen LogP contribution in [0.15, 0.2) is 24.3 Å². The number of nitrogens with zero attached hydrogens (tertiary/aromatic N) is 3. The van der Waals surface area contributed by atoms with E-state index in [4.69, 9.17) is 4.74 Å². The molecule has 6 heteroatoms. The lowest BCUT2D eigenvalue weighted by atomic mass is 10.1. The molecule has 1 aromatic rings. The van der Waals surface area contributed by atoms with E-state index in [1.165, 1.54) is 5.56 Å². The molecule has 0 unspecified atom stereocenters. The highest BCUT2D eigenvalue weighted by Crippen LogP contribution is 2.14. The van der Waals surface area contributed by atoms with Crippen LogP contribution in [0.3, 0.4) is 0 Å². The Balaban J connectivity index is 1.76. The van der Waals surface area contributed by atoms with E-state index < -0.39 is 0 Å². The van der Waals surface area contributed by atoms with Crippen LogP contribution < -0.4 is 4.74 Å². The third kappa shape index (κ3) is 4.88. The van der Waals surface area contributed by atoms with Gasteiger partial charge in [-0.2, -0.15) is 0 Å². The second kappa shape index (κ2) is 8.57. The van der Waals surface area contributed by atoms with Crippen molar-refractivity contribution in [1.82, 2.24) is 14.7 Å². The molecule has 1 aliphatic rings. The van der Waals surface area contributed by atoms with Crippen molar-refractivity contribution in [1.29, 1.82) is 0 Å². The Bertz CT molecular complexity index is 549. The lowest BCUT2D eigenvalue weighted by Gasteiger charge is -2.35. The third-order valence-electron chi connectivity index (χ3n) is 4.11. The van der Waals surface area contributed by atoms with Crippen molar-refractivity contribution in [3.8, 4) is 5.75 Å². The molecule has 0 radical (unpaired) electrons. The molecule has 6 nitrogen and oxygen atoms in total. The van der Waals surface area contributed by atoms with Crippen molar-refractivity contribution in [3.05, 3.63) is 29.8 Å². The fourth-order valence-electron chi connectivity index (χ4n) is 2.71. The summed E-state index contributed by atoms with van der Waals surface area (Å²) in [6.07, 6.45) is 2.16. The summed E-state index contributed by atoms with van der Waals surface area (Å²) in [4.78, 5) is 29.2. The number of benzene rings is 1. The minimum atomic E-state index is -0.0374. The zero-order valence-corrected chi connectivity index (χ0v) is 14.8. The number of aryl methyl sites for hydroxylation is 1. The van der Waals surface area contributed by atoms with Crippen LogP contribution in [0.2, 0.25) is 0 Å². The third-order valence-corrected chi connectivity index (χ3v) is 4.11. The first kappa shape index (κ1) is 18.1. The molecular formula is C18H27N3O3. The van der Waals surface area contributed by atoms with Gasteiger partial charge >= 0.3 is 6.03 Å². The van der Waals surface area contributed by atoms with Gasteiger partial charge in [-0.25, -0.2) is 4.79 Å². The molecule has 1 aliphatic heterocycles. The largest absolute Gasteiger partial charge is 0.484 e. The van der Waals surface area contributed by atoms with Gasteiger partial charge in [0, 0.05) is 40.3 Å². The lowest BCUT2D eigenvalue weighted by molar-refractivity contribution is -0.134. The summed E-state index contributed by atoms with van der Waals surface area (Å²) < 4.78 is 5.59. The minimum absolute atomic E-state index is 0.00878. The van der Waals surface area contributed by atoms with E-state index in [1.54, 1.807) is 28.8 Å². The number of piperazine rings is 1. The first-order valence-corrected chi connectivity index (χ1v) is 8.47. The molecule has 1 aromatic carbocycles. The van der Waals surface area contributed by atoms with Gasteiger partial charge in [-0.3, -0.25) is 4.79 Å².